The normalized spacial score (nSPS) is 20.6. The highest BCUT2D eigenvalue weighted by Gasteiger charge is 2.39. The maximum absolute atomic E-state index is 13.2. The molecule has 7 heteroatoms. The summed E-state index contributed by atoms with van der Waals surface area (Å²) in [6.07, 6.45) is 1.20. The van der Waals surface area contributed by atoms with Crippen molar-refractivity contribution in [3.05, 3.63) is 67.3 Å². The molecule has 0 fully saturated rings. The van der Waals surface area contributed by atoms with E-state index in [4.69, 9.17) is 46.4 Å². The van der Waals surface area contributed by atoms with Crippen molar-refractivity contribution in [1.82, 2.24) is 0 Å². The molecular weight excluding hydrogens is 438 g/mol. The minimum absolute atomic E-state index is 0.0901. The highest BCUT2D eigenvalue weighted by Crippen LogP contribution is 2.47. The second-order valence-corrected chi connectivity index (χ2v) is 9.67. The molecule has 0 radical (unpaired) electrons. The second kappa shape index (κ2) is 7.14. The Morgan fingerprint density at radius 2 is 1.61 bits per heavy atom. The first-order chi connectivity index (χ1) is 13.1. The van der Waals surface area contributed by atoms with Crippen LogP contribution in [-0.2, 0) is 4.79 Å². The predicted molar refractivity (Wildman–Crippen MR) is 118 cm³/mol. The summed E-state index contributed by atoms with van der Waals surface area (Å²) in [5.41, 5.74) is 3.74. The van der Waals surface area contributed by atoms with Gasteiger partial charge in [0.2, 0.25) is 0 Å². The van der Waals surface area contributed by atoms with Crippen molar-refractivity contribution < 1.29 is 4.79 Å². The van der Waals surface area contributed by atoms with E-state index < -0.39 is 6.04 Å². The molecule has 1 aliphatic heterocycles. The Morgan fingerprint density at radius 1 is 0.929 bits per heavy atom. The van der Waals surface area contributed by atoms with E-state index >= 15 is 0 Å². The Bertz CT molecular complexity index is 1030. The van der Waals surface area contributed by atoms with Crippen LogP contribution in [0, 0.1) is 5.41 Å². The van der Waals surface area contributed by atoms with Gasteiger partial charge < -0.3 is 10.6 Å². The fraction of sp³-hybridized carbons (Fsp3) is 0.286. The van der Waals surface area contributed by atoms with Crippen LogP contribution in [0.25, 0.3) is 0 Å². The van der Waals surface area contributed by atoms with E-state index in [9.17, 15) is 4.79 Å². The van der Waals surface area contributed by atoms with Crippen LogP contribution in [0.2, 0.25) is 20.1 Å². The summed E-state index contributed by atoms with van der Waals surface area (Å²) in [6.45, 7) is 4.18. The summed E-state index contributed by atoms with van der Waals surface area (Å²) in [5.74, 6) is 0.0901. The van der Waals surface area contributed by atoms with Gasteiger partial charge in [-0.15, -0.1) is 0 Å². The Morgan fingerprint density at radius 3 is 2.29 bits per heavy atom. The molecule has 2 aromatic rings. The quantitative estimate of drug-likeness (QED) is 0.467. The standard InChI is InChI=1S/C21H18Cl4N2O/c1-21(2)8-17-19(18(28)9-21)20(11-4-3-10(22)5-12(11)23)27-16-7-14(25)13(24)6-15(16)26-17/h3-7,20,26-27H,8-9H2,1-2H3. The summed E-state index contributed by atoms with van der Waals surface area (Å²) >= 11 is 25.1. The number of nitrogens with one attached hydrogen (secondary N) is 2. The number of ketones is 1. The molecule has 0 aromatic heterocycles. The molecule has 1 atom stereocenters. The average Bonchev–Trinajstić information content (AvgIpc) is 2.71. The number of rotatable bonds is 1. The first kappa shape index (κ1) is 19.9. The fourth-order valence-corrected chi connectivity index (χ4v) is 4.75. The van der Waals surface area contributed by atoms with Crippen molar-refractivity contribution in [2.75, 3.05) is 10.6 Å². The third-order valence-electron chi connectivity index (χ3n) is 5.13. The van der Waals surface area contributed by atoms with Crippen LogP contribution in [0.1, 0.15) is 38.3 Å². The molecule has 0 amide bonds. The van der Waals surface area contributed by atoms with Crippen LogP contribution < -0.4 is 10.6 Å². The zero-order valence-electron chi connectivity index (χ0n) is 15.3. The van der Waals surface area contributed by atoms with E-state index in [1.54, 1.807) is 24.3 Å². The molecule has 1 heterocycles. The van der Waals surface area contributed by atoms with Crippen molar-refractivity contribution in [2.45, 2.75) is 32.7 Å². The van der Waals surface area contributed by atoms with Gasteiger partial charge in [0, 0.05) is 27.7 Å². The molecular formula is C21H18Cl4N2O. The molecule has 1 aliphatic carbocycles. The maximum Gasteiger partial charge on any atom is 0.163 e. The van der Waals surface area contributed by atoms with Crippen LogP contribution in [0.15, 0.2) is 41.6 Å². The van der Waals surface area contributed by atoms with Gasteiger partial charge >= 0.3 is 0 Å². The molecule has 2 aromatic carbocycles. The number of carbonyl (C=O) groups is 1. The predicted octanol–water partition coefficient (Wildman–Crippen LogP) is 7.52. The van der Waals surface area contributed by atoms with Crippen LogP contribution in [0.5, 0.6) is 0 Å². The lowest BCUT2D eigenvalue weighted by Gasteiger charge is -2.34. The highest BCUT2D eigenvalue weighted by molar-refractivity contribution is 6.42. The number of halogens is 4. The largest absolute Gasteiger partial charge is 0.372 e. The van der Waals surface area contributed by atoms with E-state index in [-0.39, 0.29) is 11.2 Å². The SMILES string of the molecule is CC1(C)CC(=O)C2=C(C1)Nc1cc(Cl)c(Cl)cc1NC2c1ccc(Cl)cc1Cl. The topological polar surface area (TPSA) is 41.1 Å². The van der Waals surface area contributed by atoms with Crippen LogP contribution in [-0.4, -0.2) is 5.78 Å². The van der Waals surface area contributed by atoms with Gasteiger partial charge in [-0.2, -0.15) is 0 Å². The van der Waals surface area contributed by atoms with E-state index in [0.717, 1.165) is 29.1 Å². The third-order valence-corrected chi connectivity index (χ3v) is 6.41. The monoisotopic (exact) mass is 454 g/mol. The number of carbonyl (C=O) groups excluding carboxylic acids is 1. The molecule has 1 unspecified atom stereocenters. The Hall–Kier alpha value is -1.39. The van der Waals surface area contributed by atoms with Gasteiger partial charge in [0.05, 0.1) is 27.5 Å². The molecule has 28 heavy (non-hydrogen) atoms. The number of fused-ring (bicyclic) bond motifs is 1. The summed E-state index contributed by atoms with van der Waals surface area (Å²) in [7, 11) is 0. The first-order valence-electron chi connectivity index (χ1n) is 8.88. The van der Waals surface area contributed by atoms with Gasteiger partial charge in [0.1, 0.15) is 0 Å². The van der Waals surface area contributed by atoms with Gasteiger partial charge in [0.15, 0.2) is 5.78 Å². The van der Waals surface area contributed by atoms with E-state index in [1.165, 1.54) is 0 Å². The molecule has 4 rings (SSSR count). The summed E-state index contributed by atoms with van der Waals surface area (Å²) in [6, 6.07) is 8.42. The van der Waals surface area contributed by atoms with Crippen molar-refractivity contribution in [3.8, 4) is 0 Å². The molecule has 0 bridgehead atoms. The minimum atomic E-state index is -0.422. The lowest BCUT2D eigenvalue weighted by molar-refractivity contribution is -0.118. The van der Waals surface area contributed by atoms with E-state index in [0.29, 0.717) is 32.1 Å². The average molecular weight is 456 g/mol. The summed E-state index contributed by atoms with van der Waals surface area (Å²) in [5, 5.41) is 8.80. The van der Waals surface area contributed by atoms with Crippen molar-refractivity contribution in [1.29, 1.82) is 0 Å². The highest BCUT2D eigenvalue weighted by atomic mass is 35.5. The minimum Gasteiger partial charge on any atom is -0.372 e. The van der Waals surface area contributed by atoms with Gasteiger partial charge in [-0.3, -0.25) is 4.79 Å². The molecule has 2 N–H and O–H groups in total. The van der Waals surface area contributed by atoms with E-state index in [1.807, 2.05) is 6.07 Å². The number of hydrogen-bond acceptors (Lipinski definition) is 3. The first-order valence-corrected chi connectivity index (χ1v) is 10.4. The number of hydrogen-bond donors (Lipinski definition) is 2. The van der Waals surface area contributed by atoms with Gasteiger partial charge in [-0.05, 0) is 41.7 Å². The Balaban J connectivity index is 1.93. The Kier molecular flexibility index (Phi) is 5.08. The number of allylic oxidation sites excluding steroid dienone is 1. The maximum atomic E-state index is 13.2. The zero-order chi connectivity index (χ0) is 20.2. The number of Topliss-reactive ketones (excluding diaryl/α,β-unsaturated/α-hetero) is 1. The molecule has 0 spiro atoms. The summed E-state index contributed by atoms with van der Waals surface area (Å²) in [4.78, 5) is 13.2. The van der Waals surface area contributed by atoms with Gasteiger partial charge in [0.25, 0.3) is 0 Å². The smallest absolute Gasteiger partial charge is 0.163 e. The number of benzene rings is 2. The number of anilines is 2. The fourth-order valence-electron chi connectivity index (χ4n) is 3.91. The lowest BCUT2D eigenvalue weighted by atomic mass is 9.73. The molecule has 0 saturated carbocycles. The van der Waals surface area contributed by atoms with Crippen molar-refractivity contribution in [3.63, 3.8) is 0 Å². The molecule has 2 aliphatic rings. The van der Waals surface area contributed by atoms with Crippen molar-refractivity contribution >= 4 is 63.6 Å². The van der Waals surface area contributed by atoms with Crippen LogP contribution in [0.3, 0.4) is 0 Å². The molecule has 0 saturated heterocycles. The summed E-state index contributed by atoms with van der Waals surface area (Å²) < 4.78 is 0. The second-order valence-electron chi connectivity index (χ2n) is 8.01. The van der Waals surface area contributed by atoms with Gasteiger partial charge in [-0.1, -0.05) is 66.3 Å². The molecule has 146 valence electrons. The Labute approximate surface area is 184 Å². The third kappa shape index (κ3) is 3.61. The van der Waals surface area contributed by atoms with Crippen LogP contribution >= 0.6 is 46.4 Å². The lowest BCUT2D eigenvalue weighted by Crippen LogP contribution is -2.31. The van der Waals surface area contributed by atoms with Crippen LogP contribution in [0.4, 0.5) is 11.4 Å². The van der Waals surface area contributed by atoms with E-state index in [2.05, 4.69) is 24.5 Å². The molecule has 3 nitrogen and oxygen atoms in total. The van der Waals surface area contributed by atoms with Crippen molar-refractivity contribution in [2.24, 2.45) is 5.41 Å². The zero-order valence-corrected chi connectivity index (χ0v) is 18.3. The van der Waals surface area contributed by atoms with Gasteiger partial charge in [-0.25, -0.2) is 0 Å².